The normalized spacial score (nSPS) is 54.0. The van der Waals surface area contributed by atoms with Crippen LogP contribution in [0.15, 0.2) is 12.2 Å². The summed E-state index contributed by atoms with van der Waals surface area (Å²) in [5.41, 5.74) is -0.0969. The van der Waals surface area contributed by atoms with Crippen LogP contribution >= 0.6 is 0 Å². The lowest BCUT2D eigenvalue weighted by Gasteiger charge is -2.73. The molecule has 19 atom stereocenters. The van der Waals surface area contributed by atoms with Gasteiger partial charge in [-0.3, -0.25) is 4.79 Å². The Balaban J connectivity index is 1.14. The average molecular weight is 765 g/mol. The zero-order chi connectivity index (χ0) is 39.5. The zero-order valence-electron chi connectivity index (χ0n) is 32.7. The molecule has 0 radical (unpaired) electrons. The van der Waals surface area contributed by atoms with E-state index in [1.165, 1.54) is 0 Å². The molecular weight excluding hydrogens is 700 g/mol. The summed E-state index contributed by atoms with van der Waals surface area (Å²) in [6, 6.07) is 0. The Hall–Kier alpha value is -1.68. The van der Waals surface area contributed by atoms with Crippen molar-refractivity contribution in [1.82, 2.24) is 0 Å². The summed E-state index contributed by atoms with van der Waals surface area (Å²) in [5.74, 6) is -0.876. The second kappa shape index (κ2) is 13.7. The van der Waals surface area contributed by atoms with E-state index in [0.717, 1.165) is 56.9 Å². The third kappa shape index (κ3) is 5.72. The first-order valence-electron chi connectivity index (χ1n) is 20.3. The van der Waals surface area contributed by atoms with Gasteiger partial charge in [0.2, 0.25) is 0 Å². The van der Waals surface area contributed by atoms with Gasteiger partial charge in [-0.1, -0.05) is 46.8 Å². The molecule has 0 bridgehead atoms. The molecule has 13 heteroatoms. The number of hydrogen-bond acceptors (Lipinski definition) is 11. The van der Waals surface area contributed by atoms with E-state index in [0.29, 0.717) is 24.7 Å². The average Bonchev–Trinajstić information content (AvgIpc) is 3.51. The molecule has 3 unspecified atom stereocenters. The second-order valence-corrected chi connectivity index (χ2v) is 19.7. The van der Waals surface area contributed by atoms with Gasteiger partial charge in [0.1, 0.15) is 36.6 Å². The van der Waals surface area contributed by atoms with E-state index in [-0.39, 0.29) is 40.6 Å². The lowest BCUT2D eigenvalue weighted by molar-refractivity contribution is -0.366. The second-order valence-electron chi connectivity index (χ2n) is 19.7. The lowest BCUT2D eigenvalue weighted by Crippen LogP contribution is -2.68. The van der Waals surface area contributed by atoms with Crippen LogP contribution in [0.3, 0.4) is 0 Å². The van der Waals surface area contributed by atoms with Gasteiger partial charge in [-0.25, -0.2) is 4.79 Å². The molecule has 7 aliphatic rings. The molecular formula is C41H64O13. The van der Waals surface area contributed by atoms with Crippen LogP contribution < -0.4 is 0 Å². The third-order valence-corrected chi connectivity index (χ3v) is 17.3. The highest BCUT2D eigenvalue weighted by atomic mass is 16.8. The number of rotatable bonds is 7. The van der Waals surface area contributed by atoms with E-state index in [1.807, 2.05) is 0 Å². The van der Waals surface area contributed by atoms with Crippen molar-refractivity contribution >= 4 is 11.9 Å². The Morgan fingerprint density at radius 2 is 1.43 bits per heavy atom. The molecule has 5 saturated carbocycles. The van der Waals surface area contributed by atoms with Gasteiger partial charge in [0, 0.05) is 0 Å². The molecule has 13 nitrogen and oxygen atoms in total. The maximum atomic E-state index is 13.0. The van der Waals surface area contributed by atoms with Gasteiger partial charge in [0.15, 0.2) is 18.7 Å². The van der Waals surface area contributed by atoms with Crippen LogP contribution in [0, 0.1) is 56.7 Å². The number of allylic oxidation sites excluding steroid dienone is 1. The van der Waals surface area contributed by atoms with Crippen LogP contribution in [-0.2, 0) is 28.5 Å². The van der Waals surface area contributed by atoms with E-state index in [9.17, 15) is 45.3 Å². The van der Waals surface area contributed by atoms with E-state index in [1.54, 1.807) is 0 Å². The number of ether oxygens (including phenoxy) is 4. The Kier molecular flexibility index (Phi) is 10.3. The van der Waals surface area contributed by atoms with Crippen LogP contribution in [0.2, 0.25) is 0 Å². The van der Waals surface area contributed by atoms with Crippen molar-refractivity contribution < 1.29 is 64.3 Å². The minimum absolute atomic E-state index is 0.00281. The fourth-order valence-corrected chi connectivity index (χ4v) is 14.2. The van der Waals surface area contributed by atoms with Gasteiger partial charge >= 0.3 is 11.9 Å². The van der Waals surface area contributed by atoms with Crippen LogP contribution in [-0.4, -0.2) is 116 Å². The van der Waals surface area contributed by atoms with Gasteiger partial charge in [-0.05, 0) is 122 Å². The predicted molar refractivity (Wildman–Crippen MR) is 192 cm³/mol. The fraction of sp³-hybridized carbons (Fsp3) is 0.902. The van der Waals surface area contributed by atoms with E-state index < -0.39 is 84.2 Å². The number of aliphatic hydroxyl groups excluding tert-OH is 5. The van der Waals surface area contributed by atoms with Crippen molar-refractivity contribution in [2.75, 3.05) is 6.61 Å². The van der Waals surface area contributed by atoms with Crippen LogP contribution in [0.1, 0.15) is 106 Å². The van der Waals surface area contributed by atoms with Crippen LogP contribution in [0.25, 0.3) is 0 Å². The predicted octanol–water partition coefficient (Wildman–Crippen LogP) is 3.47. The van der Waals surface area contributed by atoms with Crippen molar-refractivity contribution in [3.05, 3.63) is 12.2 Å². The summed E-state index contributed by atoms with van der Waals surface area (Å²) >= 11 is 0. The number of carboxylic acids is 2. The Morgan fingerprint density at radius 1 is 0.722 bits per heavy atom. The molecule has 306 valence electrons. The lowest BCUT2D eigenvalue weighted by atomic mass is 9.32. The molecule has 5 aliphatic carbocycles. The molecule has 7 N–H and O–H groups in total. The standard InChI is InChI=1S/C41H64O13/c1-19(2)20-10-15-41(36(49)50)17-16-39(6)21(26(20)41)8-9-24-38(5)13-12-25(37(3,4)23(38)11-14-40(24,39)7)52-35-32(29(45)28(44)31(53-35)33(47)48)54-34-30(46)27(43)22(42)18-51-34/h20-32,34-35,42-46H,1,8-18H2,2-7H3,(H,47,48)(H,49,50)/t20?,21-,22-,23?,24-,25+,26?,27+,28+,29+,30-,31+,32-,34+,35-,38+,39-,40-,41+/m1/s1. The van der Waals surface area contributed by atoms with Crippen molar-refractivity contribution in [2.45, 2.75) is 167 Å². The summed E-state index contributed by atoms with van der Waals surface area (Å²) in [6.45, 7) is 17.8. The number of carboxylic acid groups (broad SMARTS) is 2. The molecule has 2 aliphatic heterocycles. The minimum Gasteiger partial charge on any atom is -0.481 e. The minimum atomic E-state index is -1.88. The first-order valence-corrected chi connectivity index (χ1v) is 20.3. The molecule has 0 aromatic carbocycles. The summed E-state index contributed by atoms with van der Waals surface area (Å²) in [5, 5.41) is 73.3. The maximum Gasteiger partial charge on any atom is 0.335 e. The number of aliphatic carboxylic acids is 2. The molecule has 54 heavy (non-hydrogen) atoms. The molecule has 0 aromatic rings. The van der Waals surface area contributed by atoms with Crippen molar-refractivity contribution in [1.29, 1.82) is 0 Å². The van der Waals surface area contributed by atoms with Gasteiger partial charge in [0.05, 0.1) is 18.1 Å². The Bertz CT molecular complexity index is 1490. The molecule has 7 fully saturated rings. The number of carbonyl (C=O) groups is 2. The highest BCUT2D eigenvalue weighted by Gasteiger charge is 2.72. The van der Waals surface area contributed by atoms with E-state index in [2.05, 4.69) is 48.1 Å². The summed E-state index contributed by atoms with van der Waals surface area (Å²) in [6.07, 6.45) is -6.42. The summed E-state index contributed by atoms with van der Waals surface area (Å²) in [7, 11) is 0. The smallest absolute Gasteiger partial charge is 0.335 e. The third-order valence-electron chi connectivity index (χ3n) is 17.3. The highest BCUT2D eigenvalue weighted by molar-refractivity contribution is 5.76. The van der Waals surface area contributed by atoms with Crippen molar-refractivity contribution in [2.24, 2.45) is 56.7 Å². The van der Waals surface area contributed by atoms with Crippen LogP contribution in [0.4, 0.5) is 0 Å². The molecule has 0 aromatic heterocycles. The zero-order valence-corrected chi connectivity index (χ0v) is 32.7. The largest absolute Gasteiger partial charge is 0.481 e. The monoisotopic (exact) mass is 764 g/mol. The maximum absolute atomic E-state index is 13.0. The molecule has 0 spiro atoms. The number of hydrogen-bond donors (Lipinski definition) is 7. The van der Waals surface area contributed by atoms with E-state index >= 15 is 0 Å². The summed E-state index contributed by atoms with van der Waals surface area (Å²) in [4.78, 5) is 25.2. The van der Waals surface area contributed by atoms with Gasteiger partial charge in [0.25, 0.3) is 0 Å². The Labute approximate surface area is 318 Å². The summed E-state index contributed by atoms with van der Waals surface area (Å²) < 4.78 is 23.8. The van der Waals surface area contributed by atoms with E-state index in [4.69, 9.17) is 18.9 Å². The first kappa shape index (κ1) is 40.5. The van der Waals surface area contributed by atoms with Crippen LogP contribution in [0.5, 0.6) is 0 Å². The molecule has 2 heterocycles. The first-order chi connectivity index (χ1) is 25.2. The fourth-order valence-electron chi connectivity index (χ4n) is 14.2. The SMILES string of the molecule is C=C(C)C1CC[C@]2(C(=O)O)CC[C@]3(C)[C@H](CC[C@@H]4[C@@]5(C)CC[C@H](O[C@@H]6O[C@H](C(=O)O)[C@@H](O)[C@H](O)[C@H]6O[C@@H]6OC[C@@H](O)[C@H](O)[C@H]6O)C(C)(C)C5CC[C@]43C)C12. The van der Waals surface area contributed by atoms with Crippen molar-refractivity contribution in [3.63, 3.8) is 0 Å². The number of fused-ring (bicyclic) bond motifs is 7. The quantitative estimate of drug-likeness (QED) is 0.146. The topological polar surface area (TPSA) is 213 Å². The molecule has 2 saturated heterocycles. The number of aliphatic hydroxyl groups is 5. The van der Waals surface area contributed by atoms with Gasteiger partial charge < -0.3 is 54.7 Å². The van der Waals surface area contributed by atoms with Crippen molar-refractivity contribution in [3.8, 4) is 0 Å². The molecule has 7 rings (SSSR count). The van der Waals surface area contributed by atoms with Gasteiger partial charge in [-0.2, -0.15) is 0 Å². The Morgan fingerprint density at radius 3 is 2.07 bits per heavy atom. The highest BCUT2D eigenvalue weighted by Crippen LogP contribution is 2.77. The van der Waals surface area contributed by atoms with Gasteiger partial charge in [-0.15, -0.1) is 0 Å². The molecule has 0 amide bonds.